The molecule has 1 aliphatic heterocycles. The van der Waals surface area contributed by atoms with Crippen LogP contribution in [0.25, 0.3) is 0 Å². The third kappa shape index (κ3) is 7.05. The quantitative estimate of drug-likeness (QED) is 0.170. The molecule has 2 aromatic carbocycles. The van der Waals surface area contributed by atoms with Crippen molar-refractivity contribution in [3.63, 3.8) is 0 Å². The highest BCUT2D eigenvalue weighted by molar-refractivity contribution is 9.10. The summed E-state index contributed by atoms with van der Waals surface area (Å²) in [5.41, 5.74) is 4.84. The first-order valence-electron chi connectivity index (χ1n) is 11.2. The lowest BCUT2D eigenvalue weighted by molar-refractivity contribution is -0.139. The maximum Gasteiger partial charge on any atom is 0.338 e. The average Bonchev–Trinajstić information content (AvgIpc) is 2.84. The minimum Gasteiger partial charge on any atom is -0.493 e. The van der Waals surface area contributed by atoms with Crippen molar-refractivity contribution in [3.8, 4) is 11.5 Å². The van der Waals surface area contributed by atoms with E-state index < -0.39 is 17.9 Å². The molecule has 0 saturated heterocycles. The van der Waals surface area contributed by atoms with Gasteiger partial charge in [-0.3, -0.25) is 4.79 Å². The van der Waals surface area contributed by atoms with Gasteiger partial charge >= 0.3 is 5.97 Å². The molecule has 0 aliphatic carbocycles. The fourth-order valence-corrected chi connectivity index (χ4v) is 4.26. The topological polar surface area (TPSA) is 110 Å². The molecule has 0 aromatic heterocycles. The maximum absolute atomic E-state index is 12.6. The van der Waals surface area contributed by atoms with Gasteiger partial charge in [0.15, 0.2) is 11.7 Å². The van der Waals surface area contributed by atoms with E-state index in [1.807, 2.05) is 31.2 Å². The fraction of sp³-hybridized carbons (Fsp3) is 0.280. The highest BCUT2D eigenvalue weighted by Crippen LogP contribution is 2.33. The summed E-state index contributed by atoms with van der Waals surface area (Å²) in [6.45, 7) is 5.92. The van der Waals surface area contributed by atoms with Crippen LogP contribution in [0.4, 0.5) is 0 Å². The van der Waals surface area contributed by atoms with Gasteiger partial charge < -0.3 is 24.8 Å². The Balaban J connectivity index is 1.68. The van der Waals surface area contributed by atoms with Crippen LogP contribution in [-0.2, 0) is 14.3 Å². The molecule has 0 radical (unpaired) electrons. The highest BCUT2D eigenvalue weighted by Gasteiger charge is 2.32. The van der Waals surface area contributed by atoms with E-state index in [9.17, 15) is 9.59 Å². The van der Waals surface area contributed by atoms with Crippen molar-refractivity contribution in [1.82, 2.24) is 16.1 Å². The Kier molecular flexibility index (Phi) is 9.83. The van der Waals surface area contributed by atoms with Gasteiger partial charge in [-0.15, -0.1) is 0 Å². The number of hydrogen-bond donors (Lipinski definition) is 3. The second-order valence-electron chi connectivity index (χ2n) is 7.53. The van der Waals surface area contributed by atoms with Gasteiger partial charge in [0, 0.05) is 11.3 Å². The Morgan fingerprint density at radius 3 is 2.64 bits per heavy atom. The summed E-state index contributed by atoms with van der Waals surface area (Å²) < 4.78 is 17.3. The minimum atomic E-state index is -0.604. The number of para-hydroxylation sites is 1. The number of hydrazone groups is 1. The first-order chi connectivity index (χ1) is 17.3. The van der Waals surface area contributed by atoms with Crippen LogP contribution in [0.2, 0.25) is 0 Å². The number of hydrogen-bond acceptors (Lipinski definition) is 7. The van der Waals surface area contributed by atoms with Crippen LogP contribution in [0.5, 0.6) is 11.5 Å². The van der Waals surface area contributed by atoms with Crippen LogP contribution < -0.4 is 25.5 Å². The number of nitrogens with zero attached hydrogens (tertiary/aromatic N) is 1. The van der Waals surface area contributed by atoms with Gasteiger partial charge in [0.1, 0.15) is 11.5 Å². The van der Waals surface area contributed by atoms with Crippen molar-refractivity contribution in [2.45, 2.75) is 26.8 Å². The maximum atomic E-state index is 12.6. The summed E-state index contributed by atoms with van der Waals surface area (Å²) in [5.74, 6) is 0.234. The number of allylic oxidation sites excluding steroid dienone is 1. The number of nitrogens with one attached hydrogen (secondary N) is 3. The van der Waals surface area contributed by atoms with Crippen LogP contribution >= 0.6 is 28.1 Å². The third-order valence-corrected chi connectivity index (χ3v) is 5.85. The minimum absolute atomic E-state index is 0.235. The lowest BCUT2D eigenvalue weighted by atomic mass is 9.95. The van der Waals surface area contributed by atoms with Gasteiger partial charge in [-0.2, -0.15) is 5.10 Å². The van der Waals surface area contributed by atoms with E-state index in [0.29, 0.717) is 34.3 Å². The molecule has 11 heteroatoms. The number of carbonyl (C=O) groups excluding carboxylic acids is 2. The first kappa shape index (κ1) is 27.2. The van der Waals surface area contributed by atoms with Crippen LogP contribution in [0, 0.1) is 0 Å². The lowest BCUT2D eigenvalue weighted by Gasteiger charge is -2.30. The number of halogens is 1. The summed E-state index contributed by atoms with van der Waals surface area (Å²) in [7, 11) is 0. The fourth-order valence-electron chi connectivity index (χ4n) is 3.48. The Morgan fingerprint density at radius 1 is 1.14 bits per heavy atom. The van der Waals surface area contributed by atoms with Crippen molar-refractivity contribution in [2.24, 2.45) is 5.10 Å². The van der Waals surface area contributed by atoms with E-state index in [-0.39, 0.29) is 13.2 Å². The normalized spacial score (nSPS) is 15.2. The second kappa shape index (κ2) is 13.0. The Morgan fingerprint density at radius 2 is 1.92 bits per heavy atom. The molecule has 2 aromatic rings. The predicted molar refractivity (Wildman–Crippen MR) is 144 cm³/mol. The number of esters is 1. The first-order valence-corrected chi connectivity index (χ1v) is 12.5. The van der Waals surface area contributed by atoms with Crippen LogP contribution in [-0.4, -0.2) is 43.0 Å². The standard InChI is InChI=1S/C25H27BrN4O5S/c1-4-33-20-11-10-16(12-18(20)26)13-27-30-21(31)14-35-19-9-7-6-8-17(19)23-22(24(32)34-5-2)15(3)28-25(36)29-23/h6-13,23H,4-5,14H2,1-3H3,(H,30,31)(H2,28,29,36)/t23-/m0/s1. The molecule has 0 bridgehead atoms. The van der Waals surface area contributed by atoms with Gasteiger partial charge in [-0.25, -0.2) is 10.2 Å². The molecule has 1 atom stereocenters. The van der Waals surface area contributed by atoms with E-state index in [1.165, 1.54) is 6.21 Å². The number of thiocarbonyl (C=S) groups is 1. The van der Waals surface area contributed by atoms with Crippen molar-refractivity contribution >= 4 is 51.4 Å². The van der Waals surface area contributed by atoms with Gasteiger partial charge in [-0.1, -0.05) is 18.2 Å². The Hall–Kier alpha value is -3.44. The predicted octanol–water partition coefficient (Wildman–Crippen LogP) is 3.73. The molecule has 3 N–H and O–H groups in total. The van der Waals surface area contributed by atoms with E-state index in [2.05, 4.69) is 37.1 Å². The lowest BCUT2D eigenvalue weighted by Crippen LogP contribution is -2.45. The van der Waals surface area contributed by atoms with E-state index in [1.54, 1.807) is 32.0 Å². The Bertz CT molecular complexity index is 1200. The van der Waals surface area contributed by atoms with Crippen molar-refractivity contribution < 1.29 is 23.8 Å². The van der Waals surface area contributed by atoms with E-state index >= 15 is 0 Å². The molecule has 1 amide bonds. The Labute approximate surface area is 223 Å². The SMILES string of the molecule is CCOC(=O)C1=C(C)NC(=S)N[C@H]1c1ccccc1OCC(=O)NN=Cc1ccc(OCC)c(Br)c1. The molecular weight excluding hydrogens is 548 g/mol. The average molecular weight is 575 g/mol. The zero-order valence-electron chi connectivity index (χ0n) is 20.1. The van der Waals surface area contributed by atoms with Crippen LogP contribution in [0.15, 0.2) is 63.3 Å². The van der Waals surface area contributed by atoms with Crippen molar-refractivity contribution in [1.29, 1.82) is 0 Å². The third-order valence-electron chi connectivity index (χ3n) is 5.01. The van der Waals surface area contributed by atoms with Gasteiger partial charge in [-0.05, 0) is 78.7 Å². The van der Waals surface area contributed by atoms with Crippen molar-refractivity contribution in [3.05, 3.63) is 69.3 Å². The summed E-state index contributed by atoms with van der Waals surface area (Å²) in [4.78, 5) is 25.0. The number of amides is 1. The molecule has 0 unspecified atom stereocenters. The zero-order valence-corrected chi connectivity index (χ0v) is 22.5. The molecule has 0 spiro atoms. The highest BCUT2D eigenvalue weighted by atomic mass is 79.9. The number of rotatable bonds is 10. The zero-order chi connectivity index (χ0) is 26.1. The summed E-state index contributed by atoms with van der Waals surface area (Å²) >= 11 is 8.74. The van der Waals surface area contributed by atoms with E-state index in [4.69, 9.17) is 26.4 Å². The molecule has 0 fully saturated rings. The van der Waals surface area contributed by atoms with Crippen LogP contribution in [0.1, 0.15) is 37.9 Å². The van der Waals surface area contributed by atoms with Crippen LogP contribution in [0.3, 0.4) is 0 Å². The van der Waals surface area contributed by atoms with Gasteiger partial charge in [0.05, 0.1) is 35.5 Å². The molecule has 36 heavy (non-hydrogen) atoms. The number of benzene rings is 2. The molecule has 0 saturated carbocycles. The number of carbonyl (C=O) groups is 2. The second-order valence-corrected chi connectivity index (χ2v) is 8.80. The van der Waals surface area contributed by atoms with E-state index in [0.717, 1.165) is 15.8 Å². The molecule has 9 nitrogen and oxygen atoms in total. The largest absolute Gasteiger partial charge is 0.493 e. The van der Waals surface area contributed by atoms with Crippen molar-refractivity contribution in [2.75, 3.05) is 19.8 Å². The molecule has 3 rings (SSSR count). The molecule has 1 heterocycles. The smallest absolute Gasteiger partial charge is 0.338 e. The monoisotopic (exact) mass is 574 g/mol. The molecule has 1 aliphatic rings. The van der Waals surface area contributed by atoms with Gasteiger partial charge in [0.2, 0.25) is 0 Å². The summed E-state index contributed by atoms with van der Waals surface area (Å²) in [5, 5.41) is 10.4. The molecular formula is C25H27BrN4O5S. The summed E-state index contributed by atoms with van der Waals surface area (Å²) in [6, 6.07) is 12.0. The summed E-state index contributed by atoms with van der Waals surface area (Å²) in [6.07, 6.45) is 1.52. The molecule has 190 valence electrons. The number of ether oxygens (including phenoxy) is 3. The van der Waals surface area contributed by atoms with Gasteiger partial charge in [0.25, 0.3) is 5.91 Å².